The molecular weight excluding hydrogens is 302 g/mol. The van der Waals surface area contributed by atoms with Crippen molar-refractivity contribution in [3.8, 4) is 0 Å². The van der Waals surface area contributed by atoms with Crippen LogP contribution in [0.25, 0.3) is 0 Å². The fourth-order valence-corrected chi connectivity index (χ4v) is 2.90. The van der Waals surface area contributed by atoms with E-state index >= 15 is 0 Å². The number of benzene rings is 1. The number of aryl methyl sites for hydroxylation is 1. The van der Waals surface area contributed by atoms with Gasteiger partial charge in [-0.2, -0.15) is 0 Å². The number of anilines is 3. The van der Waals surface area contributed by atoms with E-state index in [1.165, 1.54) is 0 Å². The average Bonchev–Trinajstić information content (AvgIpc) is 2.61. The molecule has 1 amide bonds. The van der Waals surface area contributed by atoms with Gasteiger partial charge in [0, 0.05) is 51.9 Å². The van der Waals surface area contributed by atoms with Gasteiger partial charge in [0.15, 0.2) is 0 Å². The van der Waals surface area contributed by atoms with Crippen molar-refractivity contribution in [1.82, 2.24) is 14.9 Å². The molecule has 2 aromatic rings. The van der Waals surface area contributed by atoms with Crippen LogP contribution in [0.2, 0.25) is 0 Å². The third-order valence-electron chi connectivity index (χ3n) is 4.35. The summed E-state index contributed by atoms with van der Waals surface area (Å²) in [4.78, 5) is 26.8. The minimum absolute atomic E-state index is 0.137. The van der Waals surface area contributed by atoms with Gasteiger partial charge in [-0.05, 0) is 19.1 Å². The second kappa shape index (κ2) is 6.86. The molecule has 1 aliphatic heterocycles. The van der Waals surface area contributed by atoms with Gasteiger partial charge in [0.1, 0.15) is 17.5 Å². The minimum Gasteiger partial charge on any atom is -0.353 e. The van der Waals surface area contributed by atoms with E-state index in [1.807, 2.05) is 43.1 Å². The van der Waals surface area contributed by atoms with Gasteiger partial charge in [0.25, 0.3) is 0 Å². The maximum Gasteiger partial charge on any atom is 0.219 e. The standard InChI is InChI=1S/C18H23N5O/c1-14-19-17(21(3)16-7-5-4-6-8-16)13-18(20-14)23-11-9-22(10-12-23)15(2)24/h4-8,13H,9-12H2,1-3H3. The number of carbonyl (C=O) groups is 1. The third kappa shape index (κ3) is 3.48. The Hall–Kier alpha value is -2.63. The molecule has 0 unspecified atom stereocenters. The summed E-state index contributed by atoms with van der Waals surface area (Å²) in [5.41, 5.74) is 1.09. The topological polar surface area (TPSA) is 52.6 Å². The second-order valence-corrected chi connectivity index (χ2v) is 6.02. The number of piperazine rings is 1. The van der Waals surface area contributed by atoms with Gasteiger partial charge in [0.2, 0.25) is 5.91 Å². The van der Waals surface area contributed by atoms with Crippen LogP contribution in [0.5, 0.6) is 0 Å². The summed E-state index contributed by atoms with van der Waals surface area (Å²) in [7, 11) is 2.01. The van der Waals surface area contributed by atoms with Crippen molar-refractivity contribution in [2.24, 2.45) is 0 Å². The van der Waals surface area contributed by atoms with E-state index in [4.69, 9.17) is 0 Å². The number of aromatic nitrogens is 2. The molecule has 0 aliphatic carbocycles. The summed E-state index contributed by atoms with van der Waals surface area (Å²) in [6.07, 6.45) is 0. The van der Waals surface area contributed by atoms with Gasteiger partial charge in [-0.25, -0.2) is 9.97 Å². The lowest BCUT2D eigenvalue weighted by Crippen LogP contribution is -2.48. The molecule has 0 atom stereocenters. The van der Waals surface area contributed by atoms with Crippen LogP contribution in [0.15, 0.2) is 36.4 Å². The van der Waals surface area contributed by atoms with Crippen molar-refractivity contribution in [3.05, 3.63) is 42.2 Å². The normalized spacial score (nSPS) is 14.6. The molecule has 3 rings (SSSR count). The van der Waals surface area contributed by atoms with Crippen LogP contribution < -0.4 is 9.80 Å². The van der Waals surface area contributed by atoms with Gasteiger partial charge in [0.05, 0.1) is 0 Å². The highest BCUT2D eigenvalue weighted by molar-refractivity contribution is 5.73. The zero-order chi connectivity index (χ0) is 17.1. The minimum atomic E-state index is 0.137. The van der Waals surface area contributed by atoms with E-state index in [2.05, 4.69) is 31.9 Å². The number of hydrogen-bond donors (Lipinski definition) is 0. The molecule has 24 heavy (non-hydrogen) atoms. The molecule has 1 aromatic heterocycles. The molecule has 6 nitrogen and oxygen atoms in total. The van der Waals surface area contributed by atoms with Crippen LogP contribution in [-0.4, -0.2) is 54.0 Å². The Balaban J connectivity index is 1.81. The molecule has 1 aliphatic rings. The van der Waals surface area contributed by atoms with Crippen molar-refractivity contribution in [2.75, 3.05) is 43.0 Å². The van der Waals surface area contributed by atoms with Crippen molar-refractivity contribution >= 4 is 23.2 Å². The fraction of sp³-hybridized carbons (Fsp3) is 0.389. The molecule has 1 aromatic carbocycles. The summed E-state index contributed by atoms with van der Waals surface area (Å²) >= 11 is 0. The maximum absolute atomic E-state index is 11.5. The largest absolute Gasteiger partial charge is 0.353 e. The molecule has 0 saturated carbocycles. The van der Waals surface area contributed by atoms with E-state index in [-0.39, 0.29) is 5.91 Å². The Morgan fingerprint density at radius 3 is 2.38 bits per heavy atom. The smallest absolute Gasteiger partial charge is 0.219 e. The van der Waals surface area contributed by atoms with E-state index < -0.39 is 0 Å². The molecule has 0 bridgehead atoms. The summed E-state index contributed by atoms with van der Waals surface area (Å²) < 4.78 is 0. The lowest BCUT2D eigenvalue weighted by Gasteiger charge is -2.35. The van der Waals surface area contributed by atoms with E-state index in [1.54, 1.807) is 6.92 Å². The van der Waals surface area contributed by atoms with Crippen molar-refractivity contribution in [3.63, 3.8) is 0 Å². The molecule has 6 heteroatoms. The molecule has 0 radical (unpaired) electrons. The first-order valence-electron chi connectivity index (χ1n) is 8.19. The highest BCUT2D eigenvalue weighted by atomic mass is 16.2. The molecule has 1 fully saturated rings. The van der Waals surface area contributed by atoms with Crippen molar-refractivity contribution < 1.29 is 4.79 Å². The molecule has 2 heterocycles. The molecule has 0 N–H and O–H groups in total. The van der Waals surface area contributed by atoms with Crippen LogP contribution in [0.1, 0.15) is 12.7 Å². The zero-order valence-corrected chi connectivity index (χ0v) is 14.4. The summed E-state index contributed by atoms with van der Waals surface area (Å²) in [5.74, 6) is 2.68. The summed E-state index contributed by atoms with van der Waals surface area (Å²) in [6, 6.07) is 12.2. The Morgan fingerprint density at radius 2 is 1.75 bits per heavy atom. The number of carbonyl (C=O) groups excluding carboxylic acids is 1. The summed E-state index contributed by atoms with van der Waals surface area (Å²) in [6.45, 7) is 6.61. The van der Waals surface area contributed by atoms with Crippen LogP contribution in [-0.2, 0) is 4.79 Å². The first-order chi connectivity index (χ1) is 11.5. The number of nitrogens with zero attached hydrogens (tertiary/aromatic N) is 5. The number of rotatable bonds is 3. The lowest BCUT2D eigenvalue weighted by atomic mass is 10.3. The van der Waals surface area contributed by atoms with Crippen molar-refractivity contribution in [1.29, 1.82) is 0 Å². The predicted octanol–water partition coefficient (Wildman–Crippen LogP) is 2.22. The Labute approximate surface area is 142 Å². The Morgan fingerprint density at radius 1 is 1.08 bits per heavy atom. The van der Waals surface area contributed by atoms with Crippen molar-refractivity contribution in [2.45, 2.75) is 13.8 Å². The predicted molar refractivity (Wildman–Crippen MR) is 95.7 cm³/mol. The van der Waals surface area contributed by atoms with Crippen LogP contribution >= 0.6 is 0 Å². The third-order valence-corrected chi connectivity index (χ3v) is 4.35. The summed E-state index contributed by atoms with van der Waals surface area (Å²) in [5, 5.41) is 0. The molecule has 0 spiro atoms. The van der Waals surface area contributed by atoms with Crippen LogP contribution in [0.3, 0.4) is 0 Å². The van der Waals surface area contributed by atoms with E-state index in [0.29, 0.717) is 0 Å². The molecule has 126 valence electrons. The monoisotopic (exact) mass is 325 g/mol. The van der Waals surface area contributed by atoms with E-state index in [9.17, 15) is 4.79 Å². The van der Waals surface area contributed by atoms with Gasteiger partial charge in [-0.15, -0.1) is 0 Å². The SMILES string of the molecule is CC(=O)N1CCN(c2cc(N(C)c3ccccc3)nc(C)n2)CC1. The average molecular weight is 325 g/mol. The van der Waals surface area contributed by atoms with Gasteiger partial charge < -0.3 is 14.7 Å². The lowest BCUT2D eigenvalue weighted by molar-refractivity contribution is -0.129. The van der Waals surface area contributed by atoms with Gasteiger partial charge >= 0.3 is 0 Å². The maximum atomic E-state index is 11.5. The van der Waals surface area contributed by atoms with Gasteiger partial charge in [-0.3, -0.25) is 4.79 Å². The van der Waals surface area contributed by atoms with Crippen LogP contribution in [0, 0.1) is 6.92 Å². The fourth-order valence-electron chi connectivity index (χ4n) is 2.90. The molecular formula is C18H23N5O. The quantitative estimate of drug-likeness (QED) is 0.866. The highest BCUT2D eigenvalue weighted by Crippen LogP contribution is 2.25. The zero-order valence-electron chi connectivity index (χ0n) is 14.4. The van der Waals surface area contributed by atoms with Crippen LogP contribution in [0.4, 0.5) is 17.3 Å². The van der Waals surface area contributed by atoms with E-state index in [0.717, 1.165) is 49.3 Å². The number of hydrogen-bond acceptors (Lipinski definition) is 5. The number of amides is 1. The Bertz CT molecular complexity index is 711. The highest BCUT2D eigenvalue weighted by Gasteiger charge is 2.20. The molecule has 1 saturated heterocycles. The first kappa shape index (κ1) is 16.2. The van der Waals surface area contributed by atoms with Gasteiger partial charge in [-0.1, -0.05) is 18.2 Å². The second-order valence-electron chi connectivity index (χ2n) is 6.02. The first-order valence-corrected chi connectivity index (χ1v) is 8.19. The Kier molecular flexibility index (Phi) is 4.64. The number of para-hydroxylation sites is 1.